The van der Waals surface area contributed by atoms with Crippen molar-refractivity contribution in [3.05, 3.63) is 60.2 Å². The average molecular weight is 338 g/mol. The quantitative estimate of drug-likeness (QED) is 0.927. The Labute approximate surface area is 147 Å². The number of benzene rings is 2. The summed E-state index contributed by atoms with van der Waals surface area (Å²) in [6, 6.07) is 17.3. The van der Waals surface area contributed by atoms with Crippen LogP contribution < -0.4 is 9.80 Å². The molecule has 0 bridgehead atoms. The largest absolute Gasteiger partial charge is 0.480 e. The van der Waals surface area contributed by atoms with E-state index >= 15 is 0 Å². The van der Waals surface area contributed by atoms with E-state index in [-0.39, 0.29) is 24.5 Å². The highest BCUT2D eigenvalue weighted by atomic mass is 16.4. The molecule has 5 heteroatoms. The molecule has 2 aromatic rings. The summed E-state index contributed by atoms with van der Waals surface area (Å²) in [7, 11) is 0. The van der Waals surface area contributed by atoms with Crippen LogP contribution in [0.4, 0.5) is 11.4 Å². The molecular formula is C20H22N2O3. The molecule has 1 aliphatic heterocycles. The number of carbonyl (C=O) groups is 2. The molecule has 0 spiro atoms. The van der Waals surface area contributed by atoms with Crippen LogP contribution in [0, 0.1) is 0 Å². The number of aliphatic carboxylic acids is 1. The summed E-state index contributed by atoms with van der Waals surface area (Å²) in [5, 5.41) is 9.24. The number of carboxylic acid groups (broad SMARTS) is 1. The van der Waals surface area contributed by atoms with Gasteiger partial charge in [-0.25, -0.2) is 0 Å². The summed E-state index contributed by atoms with van der Waals surface area (Å²) < 4.78 is 0. The topological polar surface area (TPSA) is 60.9 Å². The van der Waals surface area contributed by atoms with Crippen molar-refractivity contribution in [3.8, 4) is 0 Å². The normalized spacial score (nSPS) is 19.2. The first-order chi connectivity index (χ1) is 12.0. The Morgan fingerprint density at radius 2 is 1.76 bits per heavy atom. The minimum absolute atomic E-state index is 0.0153. The number of hydrogen-bond acceptors (Lipinski definition) is 3. The smallest absolute Gasteiger partial charge is 0.323 e. The van der Waals surface area contributed by atoms with E-state index in [9.17, 15) is 14.7 Å². The van der Waals surface area contributed by atoms with Crippen LogP contribution in [0.1, 0.15) is 31.9 Å². The zero-order valence-corrected chi connectivity index (χ0v) is 14.4. The molecule has 0 aliphatic carbocycles. The number of hydrogen-bond donors (Lipinski definition) is 1. The van der Waals surface area contributed by atoms with E-state index in [0.29, 0.717) is 6.42 Å². The molecule has 5 nitrogen and oxygen atoms in total. The van der Waals surface area contributed by atoms with E-state index < -0.39 is 5.97 Å². The zero-order chi connectivity index (χ0) is 18.0. The SMILES string of the molecule is CC(=O)N(c1ccccc1)[C@@H]1C[C@H](C)N(CC(=O)O)c2ccccc21. The first-order valence-electron chi connectivity index (χ1n) is 8.41. The van der Waals surface area contributed by atoms with Crippen LogP contribution in [0.15, 0.2) is 54.6 Å². The lowest BCUT2D eigenvalue weighted by atomic mass is 9.90. The Morgan fingerprint density at radius 3 is 2.40 bits per heavy atom. The Balaban J connectivity index is 2.07. The lowest BCUT2D eigenvalue weighted by Gasteiger charge is -2.43. The van der Waals surface area contributed by atoms with Crippen molar-refractivity contribution >= 4 is 23.3 Å². The Morgan fingerprint density at radius 1 is 1.12 bits per heavy atom. The number of anilines is 2. The fourth-order valence-electron chi connectivity index (χ4n) is 3.65. The molecule has 0 saturated heterocycles. The van der Waals surface area contributed by atoms with Gasteiger partial charge in [0.15, 0.2) is 0 Å². The number of rotatable bonds is 4. The maximum absolute atomic E-state index is 12.4. The summed E-state index contributed by atoms with van der Waals surface area (Å²) in [6.45, 7) is 3.54. The second-order valence-corrected chi connectivity index (χ2v) is 6.41. The summed E-state index contributed by atoms with van der Waals surface area (Å²) in [4.78, 5) is 27.4. The van der Waals surface area contributed by atoms with Crippen molar-refractivity contribution < 1.29 is 14.7 Å². The molecule has 1 N–H and O–H groups in total. The highest BCUT2D eigenvalue weighted by Gasteiger charge is 2.35. The van der Waals surface area contributed by atoms with E-state index in [2.05, 4.69) is 0 Å². The number of amides is 1. The molecule has 25 heavy (non-hydrogen) atoms. The standard InChI is InChI=1S/C20H22N2O3/c1-14-12-19(22(15(2)23)16-8-4-3-5-9-16)17-10-6-7-11-18(17)21(14)13-20(24)25/h3-11,14,19H,12-13H2,1-2H3,(H,24,25)/t14-,19+/m0/s1. The first-order valence-corrected chi connectivity index (χ1v) is 8.41. The van der Waals surface area contributed by atoms with E-state index in [0.717, 1.165) is 16.9 Å². The molecule has 130 valence electrons. The van der Waals surface area contributed by atoms with Crippen molar-refractivity contribution in [2.75, 3.05) is 16.3 Å². The molecule has 1 heterocycles. The van der Waals surface area contributed by atoms with Crippen LogP contribution >= 0.6 is 0 Å². The van der Waals surface area contributed by atoms with Gasteiger partial charge in [0.25, 0.3) is 0 Å². The maximum atomic E-state index is 12.4. The van der Waals surface area contributed by atoms with Crippen LogP contribution in [-0.2, 0) is 9.59 Å². The molecule has 2 atom stereocenters. The third-order valence-electron chi connectivity index (χ3n) is 4.69. The van der Waals surface area contributed by atoms with Crippen LogP contribution in [-0.4, -0.2) is 29.6 Å². The lowest BCUT2D eigenvalue weighted by Crippen LogP contribution is -2.46. The van der Waals surface area contributed by atoms with Gasteiger partial charge in [0, 0.05) is 24.3 Å². The summed E-state index contributed by atoms with van der Waals surface area (Å²) >= 11 is 0. The average Bonchev–Trinajstić information content (AvgIpc) is 2.59. The molecule has 1 amide bonds. The van der Waals surface area contributed by atoms with Gasteiger partial charge >= 0.3 is 5.97 Å². The third kappa shape index (κ3) is 3.36. The van der Waals surface area contributed by atoms with Crippen LogP contribution in [0.2, 0.25) is 0 Å². The van der Waals surface area contributed by atoms with Gasteiger partial charge < -0.3 is 14.9 Å². The van der Waals surface area contributed by atoms with E-state index in [1.807, 2.05) is 71.3 Å². The minimum atomic E-state index is -0.855. The molecule has 0 saturated carbocycles. The van der Waals surface area contributed by atoms with E-state index in [1.165, 1.54) is 0 Å². The number of fused-ring (bicyclic) bond motifs is 1. The van der Waals surface area contributed by atoms with Crippen molar-refractivity contribution in [2.45, 2.75) is 32.4 Å². The summed E-state index contributed by atoms with van der Waals surface area (Å²) in [6.07, 6.45) is 0.679. The van der Waals surface area contributed by atoms with E-state index in [4.69, 9.17) is 0 Å². The molecule has 0 aromatic heterocycles. The molecule has 0 radical (unpaired) electrons. The predicted octanol–water partition coefficient (Wildman–Crippen LogP) is 3.46. The van der Waals surface area contributed by atoms with Crippen LogP contribution in [0.25, 0.3) is 0 Å². The molecule has 2 aromatic carbocycles. The van der Waals surface area contributed by atoms with Crippen molar-refractivity contribution in [1.29, 1.82) is 0 Å². The van der Waals surface area contributed by atoms with Crippen molar-refractivity contribution in [2.24, 2.45) is 0 Å². The fourth-order valence-corrected chi connectivity index (χ4v) is 3.65. The second-order valence-electron chi connectivity index (χ2n) is 6.41. The highest BCUT2D eigenvalue weighted by molar-refractivity contribution is 5.93. The van der Waals surface area contributed by atoms with Gasteiger partial charge in [0.2, 0.25) is 5.91 Å². The minimum Gasteiger partial charge on any atom is -0.480 e. The lowest BCUT2D eigenvalue weighted by molar-refractivity contribution is -0.135. The van der Waals surface area contributed by atoms with Gasteiger partial charge in [-0.15, -0.1) is 0 Å². The Bertz CT molecular complexity index is 776. The van der Waals surface area contributed by atoms with Crippen molar-refractivity contribution in [3.63, 3.8) is 0 Å². The second kappa shape index (κ2) is 6.97. The Hall–Kier alpha value is -2.82. The molecule has 1 aliphatic rings. The number of carbonyl (C=O) groups excluding carboxylic acids is 1. The maximum Gasteiger partial charge on any atom is 0.323 e. The van der Waals surface area contributed by atoms with Gasteiger partial charge in [-0.1, -0.05) is 36.4 Å². The van der Waals surface area contributed by atoms with Gasteiger partial charge in [-0.05, 0) is 37.1 Å². The number of carboxylic acids is 1. The number of para-hydroxylation sites is 2. The first kappa shape index (κ1) is 17.0. The fraction of sp³-hybridized carbons (Fsp3) is 0.300. The van der Waals surface area contributed by atoms with Gasteiger partial charge in [-0.3, -0.25) is 9.59 Å². The summed E-state index contributed by atoms with van der Waals surface area (Å²) in [5.41, 5.74) is 2.73. The van der Waals surface area contributed by atoms with Crippen LogP contribution in [0.5, 0.6) is 0 Å². The molecule has 0 unspecified atom stereocenters. The Kier molecular flexibility index (Phi) is 4.74. The van der Waals surface area contributed by atoms with Crippen LogP contribution in [0.3, 0.4) is 0 Å². The number of nitrogens with zero attached hydrogens (tertiary/aromatic N) is 2. The monoisotopic (exact) mass is 338 g/mol. The molecular weight excluding hydrogens is 316 g/mol. The molecule has 0 fully saturated rings. The highest BCUT2D eigenvalue weighted by Crippen LogP contribution is 2.41. The predicted molar refractivity (Wildman–Crippen MR) is 97.8 cm³/mol. The third-order valence-corrected chi connectivity index (χ3v) is 4.69. The molecule has 3 rings (SSSR count). The zero-order valence-electron chi connectivity index (χ0n) is 14.4. The van der Waals surface area contributed by atoms with Gasteiger partial charge in [0.05, 0.1) is 6.04 Å². The van der Waals surface area contributed by atoms with E-state index in [1.54, 1.807) is 6.92 Å². The van der Waals surface area contributed by atoms with Gasteiger partial charge in [0.1, 0.15) is 6.54 Å². The van der Waals surface area contributed by atoms with Gasteiger partial charge in [-0.2, -0.15) is 0 Å². The van der Waals surface area contributed by atoms with Crippen molar-refractivity contribution in [1.82, 2.24) is 0 Å². The summed E-state index contributed by atoms with van der Waals surface area (Å²) in [5.74, 6) is -0.878.